The van der Waals surface area contributed by atoms with Crippen LogP contribution in [-0.2, 0) is 14.3 Å². The lowest BCUT2D eigenvalue weighted by Crippen LogP contribution is -2.66. The second-order valence-corrected chi connectivity index (χ2v) is 8.98. The van der Waals surface area contributed by atoms with Gasteiger partial charge < -0.3 is 20.1 Å². The molecule has 2 amide bonds. The van der Waals surface area contributed by atoms with E-state index in [1.165, 1.54) is 0 Å². The molecule has 3 unspecified atom stereocenters. The number of hydrogen-bond donors (Lipinski definition) is 3. The third kappa shape index (κ3) is 6.10. The van der Waals surface area contributed by atoms with Gasteiger partial charge in [-0.3, -0.25) is 24.6 Å². The molecule has 0 radical (unpaired) electrons. The number of likely N-dealkylation sites (tertiary alicyclic amines) is 1. The smallest absolute Gasteiger partial charge is 0.234 e. The second-order valence-electron chi connectivity index (χ2n) is 8.98. The monoisotopic (exact) mass is 458 g/mol. The molecule has 9 nitrogen and oxygen atoms in total. The largest absolute Gasteiger partial charge is 0.494 e. The molecule has 180 valence electrons. The zero-order valence-electron chi connectivity index (χ0n) is 19.2. The SMILES string of the molecule is CCOc1ccc(C(=O)C2CCN(CC(=O)NCC3NC(=O)C4COCCC4N3)CC2)cc1. The van der Waals surface area contributed by atoms with Crippen LogP contribution in [0.3, 0.4) is 0 Å². The van der Waals surface area contributed by atoms with Crippen molar-refractivity contribution in [1.29, 1.82) is 0 Å². The Morgan fingerprint density at radius 2 is 1.94 bits per heavy atom. The zero-order valence-corrected chi connectivity index (χ0v) is 19.2. The number of benzene rings is 1. The molecule has 33 heavy (non-hydrogen) atoms. The molecule has 9 heteroatoms. The van der Waals surface area contributed by atoms with E-state index in [1.807, 2.05) is 31.2 Å². The minimum Gasteiger partial charge on any atom is -0.494 e. The Hall–Kier alpha value is -2.49. The van der Waals surface area contributed by atoms with Gasteiger partial charge in [-0.05, 0) is 63.5 Å². The van der Waals surface area contributed by atoms with E-state index in [1.54, 1.807) is 0 Å². The van der Waals surface area contributed by atoms with Gasteiger partial charge in [0.15, 0.2) is 5.78 Å². The predicted molar refractivity (Wildman–Crippen MR) is 122 cm³/mol. The molecule has 4 rings (SSSR count). The van der Waals surface area contributed by atoms with E-state index in [0.29, 0.717) is 51.6 Å². The van der Waals surface area contributed by atoms with Gasteiger partial charge in [-0.25, -0.2) is 0 Å². The summed E-state index contributed by atoms with van der Waals surface area (Å²) in [6.07, 6.45) is 2.01. The number of rotatable bonds is 8. The van der Waals surface area contributed by atoms with Crippen molar-refractivity contribution in [3.8, 4) is 5.75 Å². The summed E-state index contributed by atoms with van der Waals surface area (Å²) in [6.45, 7) is 5.69. The summed E-state index contributed by atoms with van der Waals surface area (Å²) in [6, 6.07) is 7.42. The molecule has 0 aromatic heterocycles. The van der Waals surface area contributed by atoms with Crippen molar-refractivity contribution in [3.63, 3.8) is 0 Å². The highest BCUT2D eigenvalue weighted by molar-refractivity contribution is 5.98. The van der Waals surface area contributed by atoms with Crippen LogP contribution >= 0.6 is 0 Å². The first-order valence-electron chi connectivity index (χ1n) is 11.9. The van der Waals surface area contributed by atoms with Crippen LogP contribution in [0.1, 0.15) is 36.5 Å². The average Bonchev–Trinajstić information content (AvgIpc) is 2.84. The highest BCUT2D eigenvalue weighted by Crippen LogP contribution is 2.23. The number of fused-ring (bicyclic) bond motifs is 1. The number of amides is 2. The van der Waals surface area contributed by atoms with Crippen molar-refractivity contribution in [2.75, 3.05) is 46.0 Å². The Morgan fingerprint density at radius 1 is 1.18 bits per heavy atom. The molecule has 0 aliphatic carbocycles. The van der Waals surface area contributed by atoms with Crippen LogP contribution in [0.5, 0.6) is 5.75 Å². The van der Waals surface area contributed by atoms with Crippen LogP contribution < -0.4 is 20.7 Å². The summed E-state index contributed by atoms with van der Waals surface area (Å²) in [5, 5.41) is 9.24. The third-order valence-corrected chi connectivity index (χ3v) is 6.70. The maximum atomic E-state index is 12.8. The highest BCUT2D eigenvalue weighted by atomic mass is 16.5. The van der Waals surface area contributed by atoms with Crippen molar-refractivity contribution in [1.82, 2.24) is 20.9 Å². The molecule has 0 bridgehead atoms. The minimum atomic E-state index is -0.265. The summed E-state index contributed by atoms with van der Waals surface area (Å²) in [5.74, 6) is 0.667. The zero-order chi connectivity index (χ0) is 23.2. The second kappa shape index (κ2) is 11.1. The summed E-state index contributed by atoms with van der Waals surface area (Å²) >= 11 is 0. The molecule has 3 aliphatic heterocycles. The quantitative estimate of drug-likeness (QED) is 0.488. The number of Topliss-reactive ketones (excluding diaryl/α,β-unsaturated/α-hetero) is 1. The van der Waals surface area contributed by atoms with E-state index in [2.05, 4.69) is 20.9 Å². The Kier molecular flexibility index (Phi) is 7.95. The van der Waals surface area contributed by atoms with Crippen LogP contribution in [-0.4, -0.2) is 80.7 Å². The molecule has 1 aromatic rings. The summed E-state index contributed by atoms with van der Waals surface area (Å²) in [7, 11) is 0. The lowest BCUT2D eigenvalue weighted by atomic mass is 9.89. The third-order valence-electron chi connectivity index (χ3n) is 6.70. The van der Waals surface area contributed by atoms with Crippen molar-refractivity contribution < 1.29 is 23.9 Å². The van der Waals surface area contributed by atoms with Crippen LogP contribution in [0, 0.1) is 11.8 Å². The highest BCUT2D eigenvalue weighted by Gasteiger charge is 2.38. The van der Waals surface area contributed by atoms with Crippen molar-refractivity contribution in [2.45, 2.75) is 38.4 Å². The summed E-state index contributed by atoms with van der Waals surface area (Å²) in [5.41, 5.74) is 0.712. The number of ether oxygens (including phenoxy) is 2. The minimum absolute atomic E-state index is 0.0167. The first-order chi connectivity index (χ1) is 16.0. The van der Waals surface area contributed by atoms with Crippen LogP contribution in [0.25, 0.3) is 0 Å². The average molecular weight is 459 g/mol. The molecule has 0 spiro atoms. The molecule has 3 aliphatic rings. The van der Waals surface area contributed by atoms with Gasteiger partial charge in [0.05, 0.1) is 38.4 Å². The molecule has 3 fully saturated rings. The van der Waals surface area contributed by atoms with E-state index in [-0.39, 0.29) is 41.6 Å². The number of carbonyl (C=O) groups is 3. The predicted octanol–water partition coefficient (Wildman–Crippen LogP) is 0.547. The number of nitrogens with one attached hydrogen (secondary N) is 3. The van der Waals surface area contributed by atoms with Gasteiger partial charge >= 0.3 is 0 Å². The molecule has 1 aromatic carbocycles. The van der Waals surface area contributed by atoms with Gasteiger partial charge in [0.2, 0.25) is 11.8 Å². The maximum absolute atomic E-state index is 12.8. The van der Waals surface area contributed by atoms with Gasteiger partial charge in [-0.2, -0.15) is 0 Å². The van der Waals surface area contributed by atoms with Gasteiger partial charge in [-0.15, -0.1) is 0 Å². The Morgan fingerprint density at radius 3 is 2.67 bits per heavy atom. The maximum Gasteiger partial charge on any atom is 0.234 e. The number of nitrogens with zero attached hydrogens (tertiary/aromatic N) is 1. The van der Waals surface area contributed by atoms with E-state index in [0.717, 1.165) is 25.0 Å². The van der Waals surface area contributed by atoms with Gasteiger partial charge in [0.25, 0.3) is 0 Å². The summed E-state index contributed by atoms with van der Waals surface area (Å²) in [4.78, 5) is 39.6. The van der Waals surface area contributed by atoms with Crippen molar-refractivity contribution >= 4 is 17.6 Å². The molecule has 3 N–H and O–H groups in total. The Labute approximate surface area is 194 Å². The Balaban J connectivity index is 1.17. The first kappa shape index (κ1) is 23.7. The fourth-order valence-corrected chi connectivity index (χ4v) is 4.83. The standard InChI is InChI=1S/C24H34N4O5/c1-2-33-18-5-3-16(4-6-18)23(30)17-7-10-28(11-8-17)14-22(29)25-13-21-26-20-9-12-32-15-19(20)24(31)27-21/h3-6,17,19-21,26H,2,7-15H2,1H3,(H,25,29)(H,27,31). The first-order valence-corrected chi connectivity index (χ1v) is 11.9. The van der Waals surface area contributed by atoms with Gasteiger partial charge in [0, 0.05) is 24.1 Å². The van der Waals surface area contributed by atoms with E-state index < -0.39 is 0 Å². The Bertz CT molecular complexity index is 838. The van der Waals surface area contributed by atoms with Gasteiger partial charge in [0.1, 0.15) is 5.75 Å². The van der Waals surface area contributed by atoms with Crippen LogP contribution in [0.15, 0.2) is 24.3 Å². The fourth-order valence-electron chi connectivity index (χ4n) is 4.83. The molecular weight excluding hydrogens is 424 g/mol. The van der Waals surface area contributed by atoms with Crippen molar-refractivity contribution in [3.05, 3.63) is 29.8 Å². The molecular formula is C24H34N4O5. The van der Waals surface area contributed by atoms with E-state index >= 15 is 0 Å². The topological polar surface area (TPSA) is 109 Å². The fraction of sp³-hybridized carbons (Fsp3) is 0.625. The van der Waals surface area contributed by atoms with Crippen LogP contribution in [0.4, 0.5) is 0 Å². The number of hydrogen-bond acceptors (Lipinski definition) is 7. The normalized spacial score (nSPS) is 26.2. The summed E-state index contributed by atoms with van der Waals surface area (Å²) < 4.78 is 10.8. The van der Waals surface area contributed by atoms with Crippen molar-refractivity contribution in [2.24, 2.45) is 11.8 Å². The number of piperidine rings is 1. The van der Waals surface area contributed by atoms with Crippen LogP contribution in [0.2, 0.25) is 0 Å². The molecule has 3 atom stereocenters. The molecule has 3 heterocycles. The number of carbonyl (C=O) groups excluding carboxylic acids is 3. The van der Waals surface area contributed by atoms with E-state index in [9.17, 15) is 14.4 Å². The number of ketones is 1. The van der Waals surface area contributed by atoms with Gasteiger partial charge in [-0.1, -0.05) is 0 Å². The van der Waals surface area contributed by atoms with E-state index in [4.69, 9.17) is 9.47 Å². The molecule has 3 saturated heterocycles. The lowest BCUT2D eigenvalue weighted by Gasteiger charge is -2.40. The molecule has 0 saturated carbocycles. The lowest BCUT2D eigenvalue weighted by molar-refractivity contribution is -0.135.